The summed E-state index contributed by atoms with van der Waals surface area (Å²) in [6.07, 6.45) is 9.96. The van der Waals surface area contributed by atoms with E-state index in [9.17, 15) is 0 Å². The van der Waals surface area contributed by atoms with Gasteiger partial charge in [-0.2, -0.15) is 0 Å². The minimum absolute atomic E-state index is 0.472. The first-order valence-corrected chi connectivity index (χ1v) is 11.1. The van der Waals surface area contributed by atoms with E-state index in [1.54, 1.807) is 6.20 Å². The van der Waals surface area contributed by atoms with Gasteiger partial charge in [0, 0.05) is 12.4 Å². The fourth-order valence-electron chi connectivity index (χ4n) is 1.65. The third-order valence-corrected chi connectivity index (χ3v) is 2.31. The Morgan fingerprint density at radius 3 is 2.78 bits per heavy atom. The van der Waals surface area contributed by atoms with Crippen LogP contribution in [0.25, 0.3) is 0 Å². The summed E-state index contributed by atoms with van der Waals surface area (Å²) >= 11 is -0.472. The Morgan fingerprint density at radius 2 is 2.17 bits per heavy atom. The maximum absolute atomic E-state index is 4.88. The van der Waals surface area contributed by atoms with Crippen LogP contribution in [0.4, 0.5) is 0 Å². The molecule has 100 valence electrons. The number of aliphatic imine (C=N–C) groups is 1. The van der Waals surface area contributed by atoms with Crippen LogP contribution in [0.5, 0.6) is 0 Å². The summed E-state index contributed by atoms with van der Waals surface area (Å²) in [5.41, 5.74) is 3.25. The summed E-state index contributed by atoms with van der Waals surface area (Å²) in [6, 6.07) is 5.92. The number of hydrogen-bond acceptors (Lipinski definition) is 2. The third-order valence-electron chi connectivity index (χ3n) is 2.31. The van der Waals surface area contributed by atoms with Crippen LogP contribution in [0.1, 0.15) is 25.5 Å². The van der Waals surface area contributed by atoms with Crippen molar-refractivity contribution in [2.45, 2.75) is 19.8 Å². The fourth-order valence-corrected chi connectivity index (χ4v) is 1.65. The predicted molar refractivity (Wildman–Crippen MR) is 74.6 cm³/mol. The molecule has 1 aliphatic rings. The molecule has 18 heavy (non-hydrogen) atoms. The molecule has 5 heteroatoms. The molecule has 0 N–H and O–H groups in total. The van der Waals surface area contributed by atoms with Gasteiger partial charge in [0.25, 0.3) is 0 Å². The standard InChI is InChI=1S/C13H14N2.2ClH.Pt/c1-2-6-11-7-5-10-15-13(11)12-8-3-4-9-14-12;;;/h3-6,8-10H,2,7H2,1H3;2*1H;/q;;;+2/p-2. The molecular weight excluding hydrogens is 450 g/mol. The van der Waals surface area contributed by atoms with Gasteiger partial charge in [-0.25, -0.2) is 0 Å². The summed E-state index contributed by atoms with van der Waals surface area (Å²) < 4.78 is 0. The monoisotopic (exact) mass is 463 g/mol. The first kappa shape index (κ1) is 15.6. The molecule has 1 aliphatic heterocycles. The van der Waals surface area contributed by atoms with E-state index in [2.05, 4.69) is 29.1 Å². The molecule has 0 spiro atoms. The van der Waals surface area contributed by atoms with Crippen molar-refractivity contribution in [3.63, 3.8) is 0 Å². The van der Waals surface area contributed by atoms with Crippen LogP contribution in [-0.2, 0) is 16.5 Å². The number of hydrogen-bond donors (Lipinski definition) is 0. The fraction of sp³-hybridized carbons (Fsp3) is 0.231. The SMILES string of the molecule is CCC=C1CC=CN=C1c1ccccn1.[Cl][Pt][Cl]. The van der Waals surface area contributed by atoms with E-state index in [0.29, 0.717) is 0 Å². The van der Waals surface area contributed by atoms with Gasteiger partial charge in [-0.15, -0.1) is 0 Å². The second kappa shape index (κ2) is 9.49. The van der Waals surface area contributed by atoms with Crippen LogP contribution >= 0.6 is 18.8 Å². The van der Waals surface area contributed by atoms with Gasteiger partial charge in [-0.3, -0.25) is 9.98 Å². The zero-order valence-corrected chi connectivity index (χ0v) is 13.7. The van der Waals surface area contributed by atoms with Gasteiger partial charge in [-0.05, 0) is 30.5 Å². The topological polar surface area (TPSA) is 25.2 Å². The van der Waals surface area contributed by atoms with E-state index in [-0.39, 0.29) is 0 Å². The van der Waals surface area contributed by atoms with Crippen LogP contribution in [-0.4, -0.2) is 10.7 Å². The average molecular weight is 464 g/mol. The molecule has 1 aromatic heterocycles. The van der Waals surface area contributed by atoms with Gasteiger partial charge in [-0.1, -0.05) is 25.1 Å². The van der Waals surface area contributed by atoms with Crippen molar-refractivity contribution >= 4 is 24.5 Å². The van der Waals surface area contributed by atoms with Crippen molar-refractivity contribution in [1.82, 2.24) is 4.98 Å². The van der Waals surface area contributed by atoms with Gasteiger partial charge in [0.2, 0.25) is 0 Å². The predicted octanol–water partition coefficient (Wildman–Crippen LogP) is 4.50. The maximum atomic E-state index is 4.88. The van der Waals surface area contributed by atoms with Crippen molar-refractivity contribution in [2.24, 2.45) is 4.99 Å². The number of rotatable bonds is 2. The Bertz CT molecular complexity index is 442. The molecule has 0 atom stereocenters. The summed E-state index contributed by atoms with van der Waals surface area (Å²) in [4.78, 5) is 8.73. The van der Waals surface area contributed by atoms with Crippen LogP contribution < -0.4 is 0 Å². The van der Waals surface area contributed by atoms with E-state index < -0.39 is 16.5 Å². The van der Waals surface area contributed by atoms with E-state index >= 15 is 0 Å². The van der Waals surface area contributed by atoms with E-state index in [1.165, 1.54) is 5.57 Å². The number of halogens is 2. The number of allylic oxidation sites excluding steroid dienone is 3. The van der Waals surface area contributed by atoms with Crippen molar-refractivity contribution in [3.05, 3.63) is 54.0 Å². The van der Waals surface area contributed by atoms with Gasteiger partial charge in [0.1, 0.15) is 0 Å². The number of nitrogens with zero attached hydrogens (tertiary/aromatic N) is 2. The van der Waals surface area contributed by atoms with Gasteiger partial charge < -0.3 is 0 Å². The molecule has 0 unspecified atom stereocenters. The molecule has 0 saturated heterocycles. The van der Waals surface area contributed by atoms with Crippen LogP contribution in [0, 0.1) is 0 Å². The molecule has 2 nitrogen and oxygen atoms in total. The molecule has 0 radical (unpaired) electrons. The van der Waals surface area contributed by atoms with Crippen molar-refractivity contribution in [3.8, 4) is 0 Å². The van der Waals surface area contributed by atoms with Crippen molar-refractivity contribution in [2.75, 3.05) is 0 Å². The average Bonchev–Trinajstić information content (AvgIpc) is 2.42. The summed E-state index contributed by atoms with van der Waals surface area (Å²) in [7, 11) is 9.75. The van der Waals surface area contributed by atoms with Gasteiger partial charge in [0.15, 0.2) is 0 Å². The number of pyridine rings is 1. The second-order valence-corrected chi connectivity index (χ2v) is 6.75. The molecule has 0 bridgehead atoms. The Balaban J connectivity index is 0.000000492. The third kappa shape index (κ3) is 5.05. The minimum atomic E-state index is -0.472. The van der Waals surface area contributed by atoms with Crippen LogP contribution in [0.2, 0.25) is 0 Å². The first-order valence-electron chi connectivity index (χ1n) is 5.49. The van der Waals surface area contributed by atoms with Gasteiger partial charge in [0.05, 0.1) is 11.4 Å². The zero-order valence-electron chi connectivity index (χ0n) is 9.92. The molecule has 2 heterocycles. The van der Waals surface area contributed by atoms with Crippen molar-refractivity contribution < 1.29 is 16.5 Å². The molecule has 0 aromatic carbocycles. The molecule has 0 fully saturated rings. The van der Waals surface area contributed by atoms with Crippen LogP contribution in [0.15, 0.2) is 53.3 Å². The molecule has 2 rings (SSSR count). The van der Waals surface area contributed by atoms with Crippen LogP contribution in [0.3, 0.4) is 0 Å². The van der Waals surface area contributed by atoms with Gasteiger partial charge >= 0.3 is 35.3 Å². The number of aromatic nitrogens is 1. The Hall–Kier alpha value is -0.432. The van der Waals surface area contributed by atoms with E-state index in [4.69, 9.17) is 18.8 Å². The van der Waals surface area contributed by atoms with E-state index in [0.717, 1.165) is 24.2 Å². The molecule has 0 aliphatic carbocycles. The quantitative estimate of drug-likeness (QED) is 0.633. The molecule has 1 aromatic rings. The molecule has 0 amide bonds. The normalized spacial score (nSPS) is 16.2. The molecular formula is C13H14Cl2N2Pt. The van der Waals surface area contributed by atoms with E-state index in [1.807, 2.05) is 24.4 Å². The molecule has 0 saturated carbocycles. The summed E-state index contributed by atoms with van der Waals surface area (Å²) in [5, 5.41) is 0. The first-order chi connectivity index (χ1) is 8.83. The van der Waals surface area contributed by atoms with Crippen molar-refractivity contribution in [1.29, 1.82) is 0 Å². The Labute approximate surface area is 124 Å². The summed E-state index contributed by atoms with van der Waals surface area (Å²) in [5.74, 6) is 0. The Morgan fingerprint density at radius 1 is 1.39 bits per heavy atom. The summed E-state index contributed by atoms with van der Waals surface area (Å²) in [6.45, 7) is 2.14. The zero-order chi connectivity index (χ0) is 13.2. The Kier molecular flexibility index (Phi) is 8.24. The second-order valence-electron chi connectivity index (χ2n) is 3.46.